The van der Waals surface area contributed by atoms with Crippen LogP contribution in [0.15, 0.2) is 35.3 Å². The van der Waals surface area contributed by atoms with E-state index in [0.29, 0.717) is 18.0 Å². The highest BCUT2D eigenvalue weighted by atomic mass is 16.5. The van der Waals surface area contributed by atoms with Crippen molar-refractivity contribution in [2.24, 2.45) is 13.0 Å². The highest BCUT2D eigenvalue weighted by molar-refractivity contribution is 5.81. The fraction of sp³-hybridized carbons (Fsp3) is 0.480. The highest BCUT2D eigenvalue weighted by Crippen LogP contribution is 2.29. The maximum absolute atomic E-state index is 12.2. The first kappa shape index (κ1) is 24.1. The summed E-state index contributed by atoms with van der Waals surface area (Å²) in [5, 5.41) is 21.9. The van der Waals surface area contributed by atoms with Gasteiger partial charge in [-0.2, -0.15) is 0 Å². The third-order valence-corrected chi connectivity index (χ3v) is 6.49. The van der Waals surface area contributed by atoms with Crippen molar-refractivity contribution in [3.8, 4) is 11.4 Å². The lowest BCUT2D eigenvalue weighted by Gasteiger charge is -2.23. The number of hydrogen-bond donors (Lipinski definition) is 3. The van der Waals surface area contributed by atoms with Gasteiger partial charge in [0.05, 0.1) is 17.1 Å². The Morgan fingerprint density at radius 3 is 2.68 bits per heavy atom. The normalized spacial score (nSPS) is 16.6. The summed E-state index contributed by atoms with van der Waals surface area (Å²) in [5.74, 6) is 0.184. The maximum Gasteiger partial charge on any atom is 0.323 e. The monoisotopic (exact) mass is 468 g/mol. The van der Waals surface area contributed by atoms with Crippen molar-refractivity contribution in [1.29, 1.82) is 0 Å². The summed E-state index contributed by atoms with van der Waals surface area (Å²) >= 11 is 0. The van der Waals surface area contributed by atoms with E-state index in [0.717, 1.165) is 60.6 Å². The molecule has 182 valence electrons. The molecule has 0 amide bonds. The molecule has 0 spiro atoms. The number of rotatable bonds is 8. The van der Waals surface area contributed by atoms with Crippen LogP contribution >= 0.6 is 0 Å². The Morgan fingerprint density at radius 1 is 1.29 bits per heavy atom. The van der Waals surface area contributed by atoms with Crippen LogP contribution in [0.5, 0.6) is 0 Å². The fourth-order valence-corrected chi connectivity index (χ4v) is 4.57. The zero-order chi connectivity index (χ0) is 24.4. The molecular formula is C25H32N4O5. The number of aliphatic carboxylic acids is 1. The standard InChI is InChI=1S/C25H32N4O5/c1-15-10-19(14-28(3)24(15)31)23-27-20-11-18(12-26-22(16(2)30)25(32)33)4-5-21(20)29(23)13-17-6-8-34-9-7-17/h4-5,10-11,14,16-17,22,26,30H,6-9,12-13H2,1-3H3,(H,32,33)/t16-,22+/m1/s1. The Bertz CT molecular complexity index is 1210. The molecule has 1 aromatic carbocycles. The van der Waals surface area contributed by atoms with Gasteiger partial charge in [0.15, 0.2) is 0 Å². The first-order chi connectivity index (χ1) is 16.2. The Labute approximate surface area is 198 Å². The minimum absolute atomic E-state index is 0.0321. The lowest BCUT2D eigenvalue weighted by atomic mass is 10.00. The van der Waals surface area contributed by atoms with E-state index < -0.39 is 18.1 Å². The van der Waals surface area contributed by atoms with Gasteiger partial charge in [0.25, 0.3) is 5.56 Å². The number of benzene rings is 1. The lowest BCUT2D eigenvalue weighted by molar-refractivity contribution is -0.142. The second-order valence-corrected chi connectivity index (χ2v) is 9.19. The number of aliphatic hydroxyl groups excluding tert-OH is 1. The van der Waals surface area contributed by atoms with Crippen LogP contribution in [-0.2, 0) is 29.7 Å². The molecule has 0 radical (unpaired) electrons. The number of fused-ring (bicyclic) bond motifs is 1. The number of pyridine rings is 1. The summed E-state index contributed by atoms with van der Waals surface area (Å²) < 4.78 is 9.34. The van der Waals surface area contributed by atoms with Gasteiger partial charge in [0.1, 0.15) is 11.9 Å². The van der Waals surface area contributed by atoms with E-state index in [4.69, 9.17) is 9.72 Å². The Hall–Kier alpha value is -3.01. The Morgan fingerprint density at radius 2 is 2.03 bits per heavy atom. The van der Waals surface area contributed by atoms with Gasteiger partial charge >= 0.3 is 5.97 Å². The number of carboxylic acids is 1. The van der Waals surface area contributed by atoms with Gasteiger partial charge in [0, 0.05) is 50.7 Å². The summed E-state index contributed by atoms with van der Waals surface area (Å²) in [6.07, 6.45) is 2.78. The Balaban J connectivity index is 1.72. The molecule has 0 bridgehead atoms. The van der Waals surface area contributed by atoms with Crippen molar-refractivity contribution >= 4 is 17.0 Å². The van der Waals surface area contributed by atoms with Gasteiger partial charge in [-0.15, -0.1) is 0 Å². The Kier molecular flexibility index (Phi) is 7.16. The van der Waals surface area contributed by atoms with E-state index in [-0.39, 0.29) is 5.56 Å². The van der Waals surface area contributed by atoms with Crippen LogP contribution < -0.4 is 10.9 Å². The summed E-state index contributed by atoms with van der Waals surface area (Å²) in [6.45, 7) is 5.87. The number of hydrogen-bond acceptors (Lipinski definition) is 6. The molecule has 2 atom stereocenters. The molecular weight excluding hydrogens is 436 g/mol. The van der Waals surface area contributed by atoms with Gasteiger partial charge in [0.2, 0.25) is 0 Å². The predicted octanol–water partition coefficient (Wildman–Crippen LogP) is 2.06. The van der Waals surface area contributed by atoms with Gasteiger partial charge in [-0.25, -0.2) is 4.98 Å². The number of nitrogens with zero attached hydrogens (tertiary/aromatic N) is 3. The second-order valence-electron chi connectivity index (χ2n) is 9.19. The summed E-state index contributed by atoms with van der Waals surface area (Å²) in [6, 6.07) is 6.74. The number of carboxylic acid groups (broad SMARTS) is 1. The number of carbonyl (C=O) groups is 1. The van der Waals surface area contributed by atoms with Crippen LogP contribution in [0.4, 0.5) is 0 Å². The topological polar surface area (TPSA) is 119 Å². The second kappa shape index (κ2) is 10.1. The van der Waals surface area contributed by atoms with Crippen LogP contribution in [0, 0.1) is 12.8 Å². The lowest BCUT2D eigenvalue weighted by Crippen LogP contribution is -2.44. The zero-order valence-corrected chi connectivity index (χ0v) is 19.8. The number of imidazole rings is 1. The highest BCUT2D eigenvalue weighted by Gasteiger charge is 2.23. The van der Waals surface area contributed by atoms with Crippen molar-refractivity contribution < 1.29 is 19.7 Å². The molecule has 0 aliphatic carbocycles. The molecule has 0 saturated carbocycles. The molecule has 3 N–H and O–H groups in total. The van der Waals surface area contributed by atoms with Crippen molar-refractivity contribution in [2.45, 2.75) is 51.9 Å². The average Bonchev–Trinajstić information content (AvgIpc) is 3.15. The molecule has 1 saturated heterocycles. The van der Waals surface area contributed by atoms with Crippen LogP contribution in [-0.4, -0.2) is 55.7 Å². The smallest absolute Gasteiger partial charge is 0.323 e. The maximum atomic E-state index is 12.2. The van der Waals surface area contributed by atoms with Gasteiger partial charge in [-0.05, 0) is 56.4 Å². The van der Waals surface area contributed by atoms with Crippen LogP contribution in [0.25, 0.3) is 22.4 Å². The van der Waals surface area contributed by atoms with Crippen molar-refractivity contribution in [2.75, 3.05) is 13.2 Å². The quantitative estimate of drug-likeness (QED) is 0.463. The summed E-state index contributed by atoms with van der Waals surface area (Å²) in [5.41, 5.74) is 4.17. The van der Waals surface area contributed by atoms with E-state index in [1.807, 2.05) is 37.4 Å². The van der Waals surface area contributed by atoms with Crippen molar-refractivity contribution in [3.05, 3.63) is 51.9 Å². The predicted molar refractivity (Wildman–Crippen MR) is 129 cm³/mol. The summed E-state index contributed by atoms with van der Waals surface area (Å²) in [7, 11) is 1.75. The molecule has 1 fully saturated rings. The van der Waals surface area contributed by atoms with Crippen molar-refractivity contribution in [1.82, 2.24) is 19.4 Å². The number of aryl methyl sites for hydroxylation is 2. The minimum atomic E-state index is -1.09. The number of ether oxygens (including phenoxy) is 1. The fourth-order valence-electron chi connectivity index (χ4n) is 4.57. The van der Waals surface area contributed by atoms with E-state index in [9.17, 15) is 19.8 Å². The van der Waals surface area contributed by atoms with E-state index in [1.54, 1.807) is 11.6 Å². The number of nitrogens with one attached hydrogen (secondary N) is 1. The summed E-state index contributed by atoms with van der Waals surface area (Å²) in [4.78, 5) is 28.6. The third kappa shape index (κ3) is 5.06. The third-order valence-electron chi connectivity index (χ3n) is 6.49. The largest absolute Gasteiger partial charge is 0.480 e. The van der Waals surface area contributed by atoms with E-state index in [1.165, 1.54) is 6.92 Å². The first-order valence-corrected chi connectivity index (χ1v) is 11.6. The number of aromatic nitrogens is 3. The molecule has 0 unspecified atom stereocenters. The number of aliphatic hydroxyl groups is 1. The molecule has 3 aromatic rings. The van der Waals surface area contributed by atoms with E-state index >= 15 is 0 Å². The first-order valence-electron chi connectivity index (χ1n) is 11.6. The molecule has 4 rings (SSSR count). The van der Waals surface area contributed by atoms with Gasteiger partial charge in [-0.1, -0.05) is 6.07 Å². The van der Waals surface area contributed by atoms with E-state index in [2.05, 4.69) is 9.88 Å². The van der Waals surface area contributed by atoms with Crippen molar-refractivity contribution in [3.63, 3.8) is 0 Å². The molecule has 3 heterocycles. The zero-order valence-electron chi connectivity index (χ0n) is 19.8. The molecule has 9 heteroatoms. The van der Waals surface area contributed by atoms with Crippen LogP contribution in [0.1, 0.15) is 30.9 Å². The molecule has 9 nitrogen and oxygen atoms in total. The molecule has 1 aliphatic heterocycles. The minimum Gasteiger partial charge on any atom is -0.480 e. The van der Waals surface area contributed by atoms with Crippen LogP contribution in [0.2, 0.25) is 0 Å². The SMILES string of the molecule is Cc1cc(-c2nc3cc(CN[C@H](C(=O)O)[C@@H](C)O)ccc3n2CC2CCOCC2)cn(C)c1=O. The molecule has 2 aromatic heterocycles. The van der Waals surface area contributed by atoms with Gasteiger partial charge in [-0.3, -0.25) is 14.9 Å². The molecule has 1 aliphatic rings. The van der Waals surface area contributed by atoms with Gasteiger partial charge < -0.3 is 24.1 Å². The molecule has 34 heavy (non-hydrogen) atoms. The average molecular weight is 469 g/mol. The van der Waals surface area contributed by atoms with Crippen LogP contribution in [0.3, 0.4) is 0 Å².